The molecule has 1 aliphatic carbocycles. The molecular weight excluding hydrogens is 420 g/mol. The van der Waals surface area contributed by atoms with Crippen molar-refractivity contribution in [2.24, 2.45) is 0 Å². The van der Waals surface area contributed by atoms with E-state index in [1.807, 2.05) is 12.1 Å². The largest absolute Gasteiger partial charge is 0.494 e. The summed E-state index contributed by atoms with van der Waals surface area (Å²) < 4.78 is 5.65. The maximum atomic E-state index is 11.6. The Morgan fingerprint density at radius 1 is 1.21 bits per heavy atom. The summed E-state index contributed by atoms with van der Waals surface area (Å²) in [6, 6.07) is 6.40. The highest BCUT2D eigenvalue weighted by Crippen LogP contribution is 2.33. The van der Waals surface area contributed by atoms with Crippen LogP contribution in [-0.4, -0.2) is 72.3 Å². The minimum absolute atomic E-state index is 0.310. The van der Waals surface area contributed by atoms with Gasteiger partial charge in [0.2, 0.25) is 5.95 Å². The second kappa shape index (κ2) is 10.2. The number of likely N-dealkylation sites (N-methyl/N-ethyl adjacent to an activating group) is 1. The van der Waals surface area contributed by atoms with Gasteiger partial charge in [-0.25, -0.2) is 4.98 Å². The van der Waals surface area contributed by atoms with E-state index in [9.17, 15) is 9.90 Å². The second-order valence-electron chi connectivity index (χ2n) is 8.98. The molecule has 2 fully saturated rings. The van der Waals surface area contributed by atoms with Crippen molar-refractivity contribution in [3.63, 3.8) is 0 Å². The molecule has 1 aliphatic heterocycles. The first-order valence-corrected chi connectivity index (χ1v) is 11.7. The predicted molar refractivity (Wildman–Crippen MR) is 130 cm³/mol. The highest BCUT2D eigenvalue weighted by molar-refractivity contribution is 5.78. The van der Waals surface area contributed by atoms with Gasteiger partial charge in [-0.05, 0) is 38.9 Å². The zero-order valence-electron chi connectivity index (χ0n) is 19.7. The number of rotatable bonds is 8. The van der Waals surface area contributed by atoms with E-state index in [0.29, 0.717) is 29.1 Å². The number of ether oxygens (including phenoxy) is 1. The predicted octanol–water partition coefficient (Wildman–Crippen LogP) is 3.52. The lowest BCUT2D eigenvalue weighted by atomic mass is 10.0. The molecule has 0 radical (unpaired) electrons. The monoisotopic (exact) mass is 454 g/mol. The van der Waals surface area contributed by atoms with Crippen molar-refractivity contribution >= 4 is 29.1 Å². The molecule has 3 N–H and O–H groups in total. The van der Waals surface area contributed by atoms with E-state index in [0.717, 1.165) is 50.4 Å². The van der Waals surface area contributed by atoms with Crippen LogP contribution in [0.3, 0.4) is 0 Å². The number of nitrogens with zero attached hydrogens (tertiary/aromatic N) is 4. The Balaban J connectivity index is 1.56. The molecule has 0 spiro atoms. The fraction of sp³-hybridized carbons (Fsp3) is 0.542. The van der Waals surface area contributed by atoms with Gasteiger partial charge in [0.05, 0.1) is 18.7 Å². The number of anilines is 4. The average Bonchev–Trinajstić information content (AvgIpc) is 3.33. The van der Waals surface area contributed by atoms with Gasteiger partial charge in [0.25, 0.3) is 0 Å². The van der Waals surface area contributed by atoms with E-state index in [1.54, 1.807) is 20.2 Å². The van der Waals surface area contributed by atoms with Gasteiger partial charge < -0.3 is 30.3 Å². The molecule has 1 saturated carbocycles. The molecule has 0 amide bonds. The Morgan fingerprint density at radius 2 is 1.94 bits per heavy atom. The van der Waals surface area contributed by atoms with Crippen LogP contribution in [0, 0.1) is 0 Å². The lowest BCUT2D eigenvalue weighted by Gasteiger charge is -2.34. The summed E-state index contributed by atoms with van der Waals surface area (Å²) in [4.78, 5) is 25.4. The van der Waals surface area contributed by atoms with Crippen molar-refractivity contribution in [1.29, 1.82) is 0 Å². The molecule has 2 heterocycles. The number of methoxy groups -OCH3 is 1. The fourth-order valence-corrected chi connectivity index (χ4v) is 4.45. The molecule has 1 atom stereocenters. The first-order valence-electron chi connectivity index (χ1n) is 11.7. The highest BCUT2D eigenvalue weighted by atomic mass is 16.5. The van der Waals surface area contributed by atoms with Gasteiger partial charge in [0.1, 0.15) is 11.6 Å². The van der Waals surface area contributed by atoms with E-state index in [2.05, 4.69) is 43.5 Å². The summed E-state index contributed by atoms with van der Waals surface area (Å²) in [6.45, 7) is 5.69. The second-order valence-corrected chi connectivity index (χ2v) is 8.98. The van der Waals surface area contributed by atoms with Crippen molar-refractivity contribution in [3.8, 4) is 5.75 Å². The van der Waals surface area contributed by atoms with E-state index in [1.165, 1.54) is 12.8 Å². The molecule has 1 saturated heterocycles. The number of carbonyl (C=O) groups is 1. The normalized spacial score (nSPS) is 18.2. The van der Waals surface area contributed by atoms with Crippen LogP contribution in [0.15, 0.2) is 24.4 Å². The van der Waals surface area contributed by atoms with Crippen LogP contribution in [0.2, 0.25) is 0 Å². The number of nitrogens with one attached hydrogen (secondary N) is 2. The lowest BCUT2D eigenvalue weighted by Crippen LogP contribution is -2.44. The van der Waals surface area contributed by atoms with Crippen LogP contribution in [0.25, 0.3) is 0 Å². The Hall–Kier alpha value is -3.07. The number of hydrogen-bond acceptors (Lipinski definition) is 8. The van der Waals surface area contributed by atoms with Gasteiger partial charge in [0.15, 0.2) is 0 Å². The van der Waals surface area contributed by atoms with Gasteiger partial charge in [-0.15, -0.1) is 0 Å². The van der Waals surface area contributed by atoms with Crippen LogP contribution in [-0.2, 0) is 4.79 Å². The number of benzene rings is 1. The van der Waals surface area contributed by atoms with Gasteiger partial charge in [-0.2, -0.15) is 4.98 Å². The Morgan fingerprint density at radius 3 is 2.61 bits per heavy atom. The van der Waals surface area contributed by atoms with Crippen LogP contribution in [0.4, 0.5) is 23.1 Å². The van der Waals surface area contributed by atoms with E-state index < -0.39 is 11.9 Å². The average molecular weight is 455 g/mol. The van der Waals surface area contributed by atoms with Crippen LogP contribution in [0.5, 0.6) is 5.75 Å². The third-order valence-electron chi connectivity index (χ3n) is 6.65. The molecule has 1 aromatic heterocycles. The van der Waals surface area contributed by atoms with Crippen molar-refractivity contribution in [1.82, 2.24) is 14.9 Å². The van der Waals surface area contributed by atoms with Gasteiger partial charge in [0, 0.05) is 55.7 Å². The zero-order valence-corrected chi connectivity index (χ0v) is 19.7. The minimum Gasteiger partial charge on any atom is -0.494 e. The number of aliphatic carboxylic acids is 1. The maximum Gasteiger partial charge on any atom is 0.310 e. The first kappa shape index (κ1) is 23.1. The molecule has 4 rings (SSSR count). The smallest absolute Gasteiger partial charge is 0.310 e. The SMILES string of the molecule is COc1cc(N2CCN(C)CC2)ccc1Nc1ncc(C(C)C(=O)O)c(NC2CCCC2)n1. The number of carboxylic acids is 1. The topological polar surface area (TPSA) is 103 Å². The van der Waals surface area contributed by atoms with E-state index >= 15 is 0 Å². The molecule has 9 nitrogen and oxygen atoms in total. The zero-order chi connectivity index (χ0) is 23.4. The van der Waals surface area contributed by atoms with Crippen LogP contribution in [0.1, 0.15) is 44.1 Å². The standard InChI is InChI=1S/C24H34N6O3/c1-16(23(31)32)19-15-25-24(28-22(19)26-17-6-4-5-7-17)27-20-9-8-18(14-21(20)33-3)30-12-10-29(2)11-13-30/h8-9,14-17H,4-7,10-13H2,1-3H3,(H,31,32)(H2,25,26,27,28). The van der Waals surface area contributed by atoms with Crippen molar-refractivity contribution in [2.75, 3.05) is 55.9 Å². The number of aromatic nitrogens is 2. The summed E-state index contributed by atoms with van der Waals surface area (Å²) in [6.07, 6.45) is 6.09. The summed E-state index contributed by atoms with van der Waals surface area (Å²) in [5.41, 5.74) is 2.49. The molecule has 2 aliphatic rings. The molecular formula is C24H34N6O3. The summed E-state index contributed by atoms with van der Waals surface area (Å²) in [5.74, 6) is 0.114. The van der Waals surface area contributed by atoms with Crippen LogP contribution >= 0.6 is 0 Å². The third kappa shape index (κ3) is 5.47. The summed E-state index contributed by atoms with van der Waals surface area (Å²) >= 11 is 0. The molecule has 2 aromatic rings. The maximum absolute atomic E-state index is 11.6. The molecule has 33 heavy (non-hydrogen) atoms. The molecule has 0 bridgehead atoms. The molecule has 1 unspecified atom stereocenters. The minimum atomic E-state index is -0.894. The first-order chi connectivity index (χ1) is 15.9. The van der Waals surface area contributed by atoms with Gasteiger partial charge in [-0.3, -0.25) is 4.79 Å². The molecule has 1 aromatic carbocycles. The lowest BCUT2D eigenvalue weighted by molar-refractivity contribution is -0.138. The molecule has 178 valence electrons. The third-order valence-corrected chi connectivity index (χ3v) is 6.65. The van der Waals surface area contributed by atoms with Gasteiger partial charge in [-0.1, -0.05) is 12.8 Å². The van der Waals surface area contributed by atoms with Gasteiger partial charge >= 0.3 is 5.97 Å². The summed E-state index contributed by atoms with van der Waals surface area (Å²) in [5, 5.41) is 16.2. The van der Waals surface area contributed by atoms with Crippen molar-refractivity contribution in [2.45, 2.75) is 44.6 Å². The Bertz CT molecular complexity index is 971. The van der Waals surface area contributed by atoms with E-state index in [-0.39, 0.29) is 0 Å². The van der Waals surface area contributed by atoms with Crippen molar-refractivity contribution in [3.05, 3.63) is 30.0 Å². The van der Waals surface area contributed by atoms with Crippen molar-refractivity contribution < 1.29 is 14.6 Å². The van der Waals surface area contributed by atoms with E-state index in [4.69, 9.17) is 4.74 Å². The highest BCUT2D eigenvalue weighted by Gasteiger charge is 2.23. The number of carboxylic acid groups (broad SMARTS) is 1. The Kier molecular flexibility index (Phi) is 7.17. The quantitative estimate of drug-likeness (QED) is 0.553. The Labute approximate surface area is 195 Å². The number of piperazine rings is 1. The number of hydrogen-bond donors (Lipinski definition) is 3. The summed E-state index contributed by atoms with van der Waals surface area (Å²) in [7, 11) is 3.79. The fourth-order valence-electron chi connectivity index (χ4n) is 4.45. The van der Waals surface area contributed by atoms with Crippen LogP contribution < -0.4 is 20.3 Å². The molecule has 9 heteroatoms.